The number of likely N-dealkylation sites (tertiary alicyclic amines) is 1. The van der Waals surface area contributed by atoms with Gasteiger partial charge >= 0.3 is 0 Å². The first kappa shape index (κ1) is 15.7. The molecule has 3 rings (SSSR count). The highest BCUT2D eigenvalue weighted by atomic mass is 35.5. The van der Waals surface area contributed by atoms with Crippen LogP contribution in [0.5, 0.6) is 0 Å². The molecule has 0 saturated carbocycles. The van der Waals surface area contributed by atoms with E-state index >= 15 is 0 Å². The van der Waals surface area contributed by atoms with Crippen molar-refractivity contribution in [2.24, 2.45) is 11.8 Å². The molecule has 0 radical (unpaired) electrons. The van der Waals surface area contributed by atoms with Gasteiger partial charge in [0, 0.05) is 23.7 Å². The fourth-order valence-corrected chi connectivity index (χ4v) is 3.28. The molecule has 1 N–H and O–H groups in total. The molecule has 120 valence electrons. The van der Waals surface area contributed by atoms with E-state index in [4.69, 9.17) is 11.6 Å². The zero-order chi connectivity index (χ0) is 16.4. The lowest BCUT2D eigenvalue weighted by atomic mass is 9.85. The molecule has 0 aromatic heterocycles. The highest BCUT2D eigenvalue weighted by Gasteiger charge is 2.46. The quantitative estimate of drug-likeness (QED) is 0.681. The first-order chi connectivity index (χ1) is 11.1. The molecule has 1 aliphatic heterocycles. The molecule has 1 aromatic carbocycles. The molecule has 0 spiro atoms. The van der Waals surface area contributed by atoms with Gasteiger partial charge in [0.25, 0.3) is 0 Å². The van der Waals surface area contributed by atoms with Crippen LogP contribution in [0, 0.1) is 11.8 Å². The van der Waals surface area contributed by atoms with Gasteiger partial charge in [-0.3, -0.25) is 19.3 Å². The topological polar surface area (TPSA) is 66.5 Å². The first-order valence-electron chi connectivity index (χ1n) is 7.62. The third-order valence-corrected chi connectivity index (χ3v) is 4.50. The van der Waals surface area contributed by atoms with E-state index in [9.17, 15) is 14.4 Å². The molecular weight excluding hydrogens is 316 g/mol. The van der Waals surface area contributed by atoms with E-state index in [1.807, 2.05) is 12.2 Å². The number of nitrogens with one attached hydrogen (secondary N) is 1. The monoisotopic (exact) mass is 332 g/mol. The van der Waals surface area contributed by atoms with Gasteiger partial charge < -0.3 is 5.32 Å². The van der Waals surface area contributed by atoms with Gasteiger partial charge in [0.2, 0.25) is 17.7 Å². The van der Waals surface area contributed by atoms with E-state index in [-0.39, 0.29) is 42.5 Å². The highest BCUT2D eigenvalue weighted by molar-refractivity contribution is 6.30. The zero-order valence-corrected chi connectivity index (χ0v) is 13.3. The summed E-state index contributed by atoms with van der Waals surface area (Å²) < 4.78 is 0. The lowest BCUT2D eigenvalue weighted by Crippen LogP contribution is -2.34. The summed E-state index contributed by atoms with van der Waals surface area (Å²) >= 11 is 5.86. The van der Waals surface area contributed by atoms with Gasteiger partial charge in [-0.2, -0.15) is 0 Å². The summed E-state index contributed by atoms with van der Waals surface area (Å²) in [5.74, 6) is -1.05. The number of halogens is 1. The maximum absolute atomic E-state index is 12.3. The molecule has 23 heavy (non-hydrogen) atoms. The van der Waals surface area contributed by atoms with Crippen molar-refractivity contribution in [3.63, 3.8) is 0 Å². The second kappa shape index (κ2) is 6.54. The molecule has 0 bridgehead atoms. The van der Waals surface area contributed by atoms with Crippen molar-refractivity contribution in [1.29, 1.82) is 0 Å². The largest absolute Gasteiger partial charge is 0.326 e. The third-order valence-electron chi connectivity index (χ3n) is 4.27. The van der Waals surface area contributed by atoms with Crippen molar-refractivity contribution < 1.29 is 14.4 Å². The van der Waals surface area contributed by atoms with Crippen molar-refractivity contribution in [3.8, 4) is 0 Å². The Morgan fingerprint density at radius 3 is 2.43 bits per heavy atom. The number of anilines is 1. The summed E-state index contributed by atoms with van der Waals surface area (Å²) in [6.45, 7) is 0.122. The number of benzene rings is 1. The highest BCUT2D eigenvalue weighted by Crippen LogP contribution is 2.35. The van der Waals surface area contributed by atoms with Crippen LogP contribution in [-0.2, 0) is 14.4 Å². The predicted molar refractivity (Wildman–Crippen MR) is 86.8 cm³/mol. The Balaban J connectivity index is 1.57. The number of fused-ring (bicyclic) bond motifs is 1. The van der Waals surface area contributed by atoms with Crippen LogP contribution in [0.15, 0.2) is 36.4 Å². The average Bonchev–Trinajstić information content (AvgIpc) is 2.77. The van der Waals surface area contributed by atoms with Gasteiger partial charge in [-0.1, -0.05) is 29.8 Å². The fourth-order valence-electron chi connectivity index (χ4n) is 3.09. The lowest BCUT2D eigenvalue weighted by molar-refractivity contribution is -0.140. The van der Waals surface area contributed by atoms with Crippen LogP contribution in [0.2, 0.25) is 5.02 Å². The molecule has 0 unspecified atom stereocenters. The van der Waals surface area contributed by atoms with E-state index in [0.717, 1.165) is 0 Å². The summed E-state index contributed by atoms with van der Waals surface area (Å²) in [6, 6.07) is 6.83. The summed E-state index contributed by atoms with van der Waals surface area (Å²) in [5, 5.41) is 3.25. The Labute approximate surface area is 139 Å². The smallest absolute Gasteiger partial charge is 0.233 e. The van der Waals surface area contributed by atoms with E-state index in [0.29, 0.717) is 23.6 Å². The molecule has 5 nitrogen and oxygen atoms in total. The van der Waals surface area contributed by atoms with Crippen molar-refractivity contribution in [2.45, 2.75) is 19.3 Å². The number of nitrogens with zero attached hydrogens (tertiary/aromatic N) is 1. The molecule has 2 aliphatic rings. The van der Waals surface area contributed by atoms with Gasteiger partial charge in [-0.05, 0) is 31.0 Å². The Kier molecular flexibility index (Phi) is 4.48. The summed E-state index contributed by atoms with van der Waals surface area (Å²) in [4.78, 5) is 37.8. The molecule has 1 heterocycles. The van der Waals surface area contributed by atoms with E-state index < -0.39 is 0 Å². The average molecular weight is 333 g/mol. The van der Waals surface area contributed by atoms with Gasteiger partial charge in [0.1, 0.15) is 0 Å². The molecule has 3 amide bonds. The Morgan fingerprint density at radius 1 is 1.17 bits per heavy atom. The number of amides is 3. The van der Waals surface area contributed by atoms with Crippen LogP contribution >= 0.6 is 11.6 Å². The van der Waals surface area contributed by atoms with Crippen molar-refractivity contribution in [3.05, 3.63) is 41.4 Å². The van der Waals surface area contributed by atoms with Crippen LogP contribution in [0.4, 0.5) is 5.69 Å². The van der Waals surface area contributed by atoms with Crippen LogP contribution in [0.1, 0.15) is 19.3 Å². The molecule has 1 fully saturated rings. The summed E-state index contributed by atoms with van der Waals surface area (Å²) in [7, 11) is 0. The standard InChI is InChI=1S/C17H17ClN2O3/c18-11-4-3-5-12(10-11)19-15(21)8-9-20-16(22)13-6-1-2-7-14(13)17(20)23/h1-5,10,13-14H,6-9H2,(H,19,21)/t13-,14-/m0/s1. The Hall–Kier alpha value is -2.14. The van der Waals surface area contributed by atoms with Gasteiger partial charge in [0.05, 0.1) is 11.8 Å². The molecule has 6 heteroatoms. The minimum atomic E-state index is -0.249. The number of imide groups is 1. The normalized spacial score (nSPS) is 23.1. The molecule has 1 saturated heterocycles. The van der Waals surface area contributed by atoms with E-state index in [2.05, 4.69) is 5.32 Å². The van der Waals surface area contributed by atoms with Crippen LogP contribution < -0.4 is 5.32 Å². The number of carbonyl (C=O) groups excluding carboxylic acids is 3. The van der Waals surface area contributed by atoms with Crippen LogP contribution in [-0.4, -0.2) is 29.2 Å². The second-order valence-corrected chi connectivity index (χ2v) is 6.23. The van der Waals surface area contributed by atoms with Gasteiger partial charge in [-0.25, -0.2) is 0 Å². The maximum Gasteiger partial charge on any atom is 0.233 e. The number of hydrogen-bond acceptors (Lipinski definition) is 3. The Morgan fingerprint density at radius 2 is 1.83 bits per heavy atom. The first-order valence-corrected chi connectivity index (χ1v) is 7.99. The molecular formula is C17H17ClN2O3. The van der Waals surface area contributed by atoms with Gasteiger partial charge in [-0.15, -0.1) is 0 Å². The number of carbonyl (C=O) groups is 3. The van der Waals surface area contributed by atoms with Crippen LogP contribution in [0.3, 0.4) is 0 Å². The van der Waals surface area contributed by atoms with Crippen molar-refractivity contribution in [2.75, 3.05) is 11.9 Å². The number of hydrogen-bond donors (Lipinski definition) is 1. The second-order valence-electron chi connectivity index (χ2n) is 5.79. The van der Waals surface area contributed by atoms with Crippen LogP contribution in [0.25, 0.3) is 0 Å². The SMILES string of the molecule is O=C(CCN1C(=O)[C@H]2CC=CC[C@@H]2C1=O)Nc1cccc(Cl)c1. The minimum Gasteiger partial charge on any atom is -0.326 e. The predicted octanol–water partition coefficient (Wildman–Crippen LogP) is 2.62. The van der Waals surface area contributed by atoms with E-state index in [1.165, 1.54) is 4.90 Å². The van der Waals surface area contributed by atoms with Crippen molar-refractivity contribution >= 4 is 35.0 Å². The fraction of sp³-hybridized carbons (Fsp3) is 0.353. The summed E-state index contributed by atoms with van der Waals surface area (Å²) in [6.07, 6.45) is 5.20. The lowest BCUT2D eigenvalue weighted by Gasteiger charge is -2.14. The minimum absolute atomic E-state index is 0.0802. The number of allylic oxidation sites excluding steroid dienone is 2. The molecule has 1 aromatic rings. The Bertz CT molecular complexity index is 660. The maximum atomic E-state index is 12.3. The van der Waals surface area contributed by atoms with E-state index in [1.54, 1.807) is 24.3 Å². The van der Waals surface area contributed by atoms with Gasteiger partial charge in [0.15, 0.2) is 0 Å². The third kappa shape index (κ3) is 3.29. The zero-order valence-electron chi connectivity index (χ0n) is 12.5. The van der Waals surface area contributed by atoms with Crippen molar-refractivity contribution in [1.82, 2.24) is 4.90 Å². The summed E-state index contributed by atoms with van der Waals surface area (Å²) in [5.41, 5.74) is 0.597. The molecule has 1 aliphatic carbocycles. The number of rotatable bonds is 4. The molecule has 2 atom stereocenters.